The molecule has 1 aromatic carbocycles. The molecule has 0 spiro atoms. The van der Waals surface area contributed by atoms with Crippen molar-refractivity contribution in [3.63, 3.8) is 0 Å². The van der Waals surface area contributed by atoms with E-state index in [2.05, 4.69) is 23.0 Å². The average molecular weight is 339 g/mol. The number of thiazole rings is 1. The highest BCUT2D eigenvalue weighted by Gasteiger charge is 2.26. The second kappa shape index (κ2) is 6.40. The molecule has 0 unspecified atom stereocenters. The molecule has 0 bridgehead atoms. The summed E-state index contributed by atoms with van der Waals surface area (Å²) in [6, 6.07) is 8.15. The zero-order chi connectivity index (χ0) is 16.5. The minimum Gasteiger partial charge on any atom is -0.361 e. The lowest BCUT2D eigenvalue weighted by Gasteiger charge is -2.32. The molecule has 1 aliphatic rings. The summed E-state index contributed by atoms with van der Waals surface area (Å²) in [6.07, 6.45) is 6.56. The van der Waals surface area contributed by atoms with E-state index in [0.29, 0.717) is 12.3 Å². The monoisotopic (exact) mass is 339 g/mol. The van der Waals surface area contributed by atoms with E-state index in [9.17, 15) is 4.79 Å². The number of nitrogens with one attached hydrogen (secondary N) is 1. The number of amides is 1. The summed E-state index contributed by atoms with van der Waals surface area (Å²) in [5, 5.41) is 2.33. The molecule has 24 heavy (non-hydrogen) atoms. The molecular formula is C19H21N3OS. The Hall–Kier alpha value is -2.14. The topological polar surface area (TPSA) is 49.0 Å². The first kappa shape index (κ1) is 15.4. The van der Waals surface area contributed by atoms with Gasteiger partial charge >= 0.3 is 0 Å². The minimum absolute atomic E-state index is 0.220. The number of nitrogens with zero attached hydrogens (tertiary/aromatic N) is 2. The lowest BCUT2D eigenvalue weighted by molar-refractivity contribution is -0.131. The molecule has 1 amide bonds. The van der Waals surface area contributed by atoms with Crippen LogP contribution in [0.5, 0.6) is 0 Å². The summed E-state index contributed by atoms with van der Waals surface area (Å²) in [7, 11) is 0. The van der Waals surface area contributed by atoms with Crippen LogP contribution in [0.2, 0.25) is 0 Å². The number of carbonyl (C=O) groups is 1. The number of piperidine rings is 1. The van der Waals surface area contributed by atoms with E-state index in [0.717, 1.165) is 42.4 Å². The van der Waals surface area contributed by atoms with Crippen LogP contribution in [0.4, 0.5) is 0 Å². The van der Waals surface area contributed by atoms with Crippen LogP contribution in [0.3, 0.4) is 0 Å². The predicted octanol–water partition coefficient (Wildman–Crippen LogP) is 3.88. The summed E-state index contributed by atoms with van der Waals surface area (Å²) in [4.78, 5) is 23.8. The van der Waals surface area contributed by atoms with E-state index in [4.69, 9.17) is 0 Å². The van der Waals surface area contributed by atoms with Crippen molar-refractivity contribution < 1.29 is 4.79 Å². The molecule has 4 nitrogen and oxygen atoms in total. The number of para-hydroxylation sites is 1. The number of aryl methyl sites for hydroxylation is 1. The average Bonchev–Trinajstić information content (AvgIpc) is 3.22. The molecule has 4 rings (SSSR count). The van der Waals surface area contributed by atoms with Crippen molar-refractivity contribution in [2.24, 2.45) is 0 Å². The number of fused-ring (bicyclic) bond motifs is 1. The van der Waals surface area contributed by atoms with Gasteiger partial charge in [-0.25, -0.2) is 4.98 Å². The second-order valence-electron chi connectivity index (χ2n) is 6.52. The van der Waals surface area contributed by atoms with Crippen LogP contribution in [-0.2, 0) is 11.2 Å². The third-order valence-corrected chi connectivity index (χ3v) is 5.85. The fourth-order valence-corrected chi connectivity index (χ4v) is 4.42. The van der Waals surface area contributed by atoms with Gasteiger partial charge in [0, 0.05) is 47.2 Å². The fourth-order valence-electron chi connectivity index (χ4n) is 3.52. The second-order valence-corrected chi connectivity index (χ2v) is 7.79. The van der Waals surface area contributed by atoms with Gasteiger partial charge in [-0.3, -0.25) is 4.79 Å². The fraction of sp³-hybridized carbons (Fsp3) is 0.368. The molecule has 1 fully saturated rings. The molecule has 3 aromatic rings. The van der Waals surface area contributed by atoms with Crippen molar-refractivity contribution in [3.05, 3.63) is 52.1 Å². The van der Waals surface area contributed by atoms with Gasteiger partial charge in [-0.05, 0) is 31.4 Å². The largest absolute Gasteiger partial charge is 0.361 e. The summed E-state index contributed by atoms with van der Waals surface area (Å²) in [5.74, 6) is 0.613. The van der Waals surface area contributed by atoms with Crippen molar-refractivity contribution in [1.82, 2.24) is 14.9 Å². The standard InChI is InChI=1S/C19H21N3OS/c1-13-10-21-19(24-13)14-5-4-8-22(12-14)18(23)9-15-11-20-17-7-3-2-6-16(15)17/h2-3,6-7,10-11,14,20H,4-5,8-9,12H2,1H3/t14-/m1/s1. The molecule has 1 atom stereocenters. The number of hydrogen-bond donors (Lipinski definition) is 1. The Labute approximate surface area is 145 Å². The van der Waals surface area contributed by atoms with E-state index in [1.165, 1.54) is 9.88 Å². The summed E-state index contributed by atoms with van der Waals surface area (Å²) >= 11 is 1.76. The normalized spacial score (nSPS) is 18.2. The van der Waals surface area contributed by atoms with Crippen LogP contribution < -0.4 is 0 Å². The van der Waals surface area contributed by atoms with Crippen molar-refractivity contribution in [2.75, 3.05) is 13.1 Å². The van der Waals surface area contributed by atoms with Gasteiger partial charge in [0.05, 0.1) is 11.4 Å². The maximum absolute atomic E-state index is 12.8. The Balaban J connectivity index is 1.48. The number of rotatable bonds is 3. The van der Waals surface area contributed by atoms with Crippen LogP contribution >= 0.6 is 11.3 Å². The van der Waals surface area contributed by atoms with Crippen LogP contribution in [0.1, 0.15) is 34.2 Å². The van der Waals surface area contributed by atoms with E-state index in [1.807, 2.05) is 35.5 Å². The lowest BCUT2D eigenvalue weighted by atomic mass is 9.98. The van der Waals surface area contributed by atoms with Gasteiger partial charge < -0.3 is 9.88 Å². The smallest absolute Gasteiger partial charge is 0.227 e. The highest BCUT2D eigenvalue weighted by atomic mass is 32.1. The van der Waals surface area contributed by atoms with Crippen molar-refractivity contribution in [3.8, 4) is 0 Å². The number of carbonyl (C=O) groups excluding carboxylic acids is 1. The molecule has 0 aliphatic carbocycles. The first-order valence-electron chi connectivity index (χ1n) is 8.46. The first-order valence-corrected chi connectivity index (χ1v) is 9.27. The Kier molecular flexibility index (Phi) is 4.10. The minimum atomic E-state index is 0.220. The van der Waals surface area contributed by atoms with Gasteiger partial charge in [0.1, 0.15) is 0 Å². The molecule has 0 radical (unpaired) electrons. The van der Waals surface area contributed by atoms with Crippen LogP contribution in [-0.4, -0.2) is 33.9 Å². The zero-order valence-corrected chi connectivity index (χ0v) is 14.6. The van der Waals surface area contributed by atoms with Gasteiger partial charge in [-0.1, -0.05) is 18.2 Å². The first-order chi connectivity index (χ1) is 11.7. The maximum atomic E-state index is 12.8. The highest BCUT2D eigenvalue weighted by molar-refractivity contribution is 7.11. The lowest BCUT2D eigenvalue weighted by Crippen LogP contribution is -2.39. The summed E-state index contributed by atoms with van der Waals surface area (Å²) in [6.45, 7) is 3.75. The summed E-state index contributed by atoms with van der Waals surface area (Å²) < 4.78 is 0. The Morgan fingerprint density at radius 3 is 3.12 bits per heavy atom. The molecule has 5 heteroatoms. The van der Waals surface area contributed by atoms with E-state index in [-0.39, 0.29) is 5.91 Å². The molecular weight excluding hydrogens is 318 g/mol. The van der Waals surface area contributed by atoms with Crippen LogP contribution in [0.15, 0.2) is 36.7 Å². The van der Waals surface area contributed by atoms with Gasteiger partial charge in [0.25, 0.3) is 0 Å². The quantitative estimate of drug-likeness (QED) is 0.787. The van der Waals surface area contributed by atoms with Crippen LogP contribution in [0.25, 0.3) is 10.9 Å². The number of hydrogen-bond acceptors (Lipinski definition) is 3. The van der Waals surface area contributed by atoms with E-state index in [1.54, 1.807) is 11.3 Å². The van der Waals surface area contributed by atoms with Gasteiger partial charge in [0.2, 0.25) is 5.91 Å². The number of aromatic nitrogens is 2. The third-order valence-electron chi connectivity index (χ3n) is 4.78. The third kappa shape index (κ3) is 2.96. The van der Waals surface area contributed by atoms with Gasteiger partial charge in [-0.2, -0.15) is 0 Å². The molecule has 0 saturated carbocycles. The Morgan fingerprint density at radius 1 is 1.42 bits per heavy atom. The SMILES string of the molecule is Cc1cnc([C@@H]2CCCN(C(=O)Cc3c[nH]c4ccccc34)C2)s1. The zero-order valence-electron chi connectivity index (χ0n) is 13.8. The Morgan fingerprint density at radius 2 is 2.29 bits per heavy atom. The molecule has 1 N–H and O–H groups in total. The van der Waals surface area contributed by atoms with E-state index < -0.39 is 0 Å². The van der Waals surface area contributed by atoms with E-state index >= 15 is 0 Å². The number of H-pyrrole nitrogens is 1. The molecule has 124 valence electrons. The number of benzene rings is 1. The Bertz CT molecular complexity index is 866. The predicted molar refractivity (Wildman–Crippen MR) is 97.4 cm³/mol. The van der Waals surface area contributed by atoms with Crippen molar-refractivity contribution in [1.29, 1.82) is 0 Å². The molecule has 2 aromatic heterocycles. The number of likely N-dealkylation sites (tertiary alicyclic amines) is 1. The van der Waals surface area contributed by atoms with Crippen molar-refractivity contribution in [2.45, 2.75) is 32.1 Å². The van der Waals surface area contributed by atoms with Gasteiger partial charge in [-0.15, -0.1) is 11.3 Å². The molecule has 3 heterocycles. The number of aromatic amines is 1. The summed E-state index contributed by atoms with van der Waals surface area (Å²) in [5.41, 5.74) is 2.18. The molecule has 1 aliphatic heterocycles. The highest BCUT2D eigenvalue weighted by Crippen LogP contribution is 2.30. The van der Waals surface area contributed by atoms with Gasteiger partial charge in [0.15, 0.2) is 0 Å². The maximum Gasteiger partial charge on any atom is 0.227 e. The van der Waals surface area contributed by atoms with Crippen molar-refractivity contribution >= 4 is 28.1 Å². The van der Waals surface area contributed by atoms with Crippen LogP contribution in [0, 0.1) is 6.92 Å². The molecule has 1 saturated heterocycles.